The lowest BCUT2D eigenvalue weighted by molar-refractivity contribution is -0.394. The summed E-state index contributed by atoms with van der Waals surface area (Å²) < 4.78 is 6.11. The number of hydrogen-bond acceptors (Lipinski definition) is 12. The summed E-state index contributed by atoms with van der Waals surface area (Å²) >= 11 is 0. The Morgan fingerprint density at radius 1 is 0.811 bits per heavy atom. The van der Waals surface area contributed by atoms with Crippen LogP contribution in [0.2, 0.25) is 0 Å². The predicted molar refractivity (Wildman–Crippen MR) is 125 cm³/mol. The summed E-state index contributed by atoms with van der Waals surface area (Å²) in [6.07, 6.45) is -0.539. The topological polar surface area (TPSA) is 212 Å². The number of anilines is 2. The molecule has 3 aliphatic heterocycles. The number of fused-ring (bicyclic) bond motifs is 6. The van der Waals surface area contributed by atoms with Crippen molar-refractivity contribution < 1.29 is 24.4 Å². The number of nitriles is 1. The Balaban J connectivity index is 1.88. The molecule has 5 rings (SSSR count). The Kier molecular flexibility index (Phi) is 4.91. The molecule has 0 amide bonds. The molecule has 2 bridgehead atoms. The molecule has 186 valence electrons. The first-order chi connectivity index (χ1) is 17.5. The minimum absolute atomic E-state index is 0.0137. The lowest BCUT2D eigenvalue weighted by Crippen LogP contribution is -2.50. The minimum Gasteiger partial charge on any atom is -0.340 e. The van der Waals surface area contributed by atoms with Crippen molar-refractivity contribution in [1.29, 1.82) is 5.26 Å². The van der Waals surface area contributed by atoms with Gasteiger partial charge in [0, 0.05) is 42.9 Å². The van der Waals surface area contributed by atoms with E-state index in [4.69, 9.17) is 4.74 Å². The molecule has 0 aliphatic carbocycles. The molecule has 0 radical (unpaired) electrons. The summed E-state index contributed by atoms with van der Waals surface area (Å²) in [5, 5.41) is 56.9. The number of nitro benzene ring substituents is 4. The number of rotatable bonds is 4. The zero-order valence-electron chi connectivity index (χ0n) is 18.8. The lowest BCUT2D eigenvalue weighted by atomic mass is 9.81. The molecule has 0 aromatic heterocycles. The van der Waals surface area contributed by atoms with Gasteiger partial charge in [-0.1, -0.05) is 0 Å². The normalized spacial score (nSPS) is 19.2. The van der Waals surface area contributed by atoms with Gasteiger partial charge in [-0.2, -0.15) is 5.26 Å². The molecule has 0 fully saturated rings. The molecule has 0 N–H and O–H groups in total. The van der Waals surface area contributed by atoms with Crippen molar-refractivity contribution in [3.63, 3.8) is 0 Å². The Hall–Kier alpha value is -5.43. The van der Waals surface area contributed by atoms with Crippen LogP contribution in [0.3, 0.4) is 0 Å². The summed E-state index contributed by atoms with van der Waals surface area (Å²) in [5.41, 5.74) is -2.33. The summed E-state index contributed by atoms with van der Waals surface area (Å²) in [7, 11) is 2.92. The summed E-state index contributed by atoms with van der Waals surface area (Å²) in [6.45, 7) is 0. The fourth-order valence-electron chi connectivity index (χ4n) is 4.93. The monoisotopic (exact) mass is 507 g/mol. The second-order valence-electron chi connectivity index (χ2n) is 8.33. The largest absolute Gasteiger partial charge is 0.340 e. The second kappa shape index (κ2) is 7.79. The van der Waals surface area contributed by atoms with E-state index in [1.165, 1.54) is 30.0 Å². The first-order valence-electron chi connectivity index (χ1n) is 10.4. The van der Waals surface area contributed by atoms with E-state index in [9.17, 15) is 45.7 Å². The fraction of sp³-hybridized carbons (Fsp3) is 0.190. The van der Waals surface area contributed by atoms with Crippen molar-refractivity contribution in [2.75, 3.05) is 23.9 Å². The summed E-state index contributed by atoms with van der Waals surface area (Å²) in [5.74, 6) is 0. The first kappa shape index (κ1) is 23.3. The molecule has 2 aromatic carbocycles. The van der Waals surface area contributed by atoms with Gasteiger partial charge in [0.15, 0.2) is 12.5 Å². The standard InChI is InChI=1S/C21H13N7O9/c1-23-17-7-11(12-3-9(25(29)30)5-15(19(12)23)27(33)34)18-14(8-22)13-4-10(26(31)32)6-16(28(35)36)20(13)24(2)21(18)37-17/h3-7,17,21H,1-2H3. The zero-order valence-corrected chi connectivity index (χ0v) is 18.8. The molecule has 2 atom stereocenters. The van der Waals surface area contributed by atoms with E-state index in [0.29, 0.717) is 0 Å². The number of allylic oxidation sites excluding steroid dienone is 1. The maximum Gasteiger partial charge on any atom is 0.300 e. The van der Waals surface area contributed by atoms with Gasteiger partial charge in [-0.05, 0) is 11.6 Å². The van der Waals surface area contributed by atoms with E-state index < -0.39 is 54.9 Å². The maximum atomic E-state index is 11.8. The average Bonchev–Trinajstić information content (AvgIpc) is 2.85. The summed E-state index contributed by atoms with van der Waals surface area (Å²) in [6, 6.07) is 5.71. The van der Waals surface area contributed by atoms with Crippen LogP contribution in [0, 0.1) is 51.8 Å². The Bertz CT molecular complexity index is 1590. The molecule has 0 saturated carbocycles. The van der Waals surface area contributed by atoms with E-state index in [-0.39, 0.29) is 39.2 Å². The van der Waals surface area contributed by atoms with Gasteiger partial charge in [-0.15, -0.1) is 0 Å². The van der Waals surface area contributed by atoms with Crippen molar-refractivity contribution in [3.8, 4) is 6.07 Å². The quantitative estimate of drug-likeness (QED) is 0.431. The van der Waals surface area contributed by atoms with E-state index >= 15 is 0 Å². The van der Waals surface area contributed by atoms with Crippen molar-refractivity contribution >= 4 is 45.3 Å². The Labute approximate surface area is 205 Å². The van der Waals surface area contributed by atoms with Gasteiger partial charge in [0.1, 0.15) is 17.4 Å². The van der Waals surface area contributed by atoms with Crippen LogP contribution in [0.1, 0.15) is 11.1 Å². The molecule has 2 aromatic rings. The highest BCUT2D eigenvalue weighted by atomic mass is 16.6. The van der Waals surface area contributed by atoms with E-state index in [1.807, 2.05) is 6.07 Å². The molecule has 16 nitrogen and oxygen atoms in total. The Morgan fingerprint density at radius 2 is 1.32 bits per heavy atom. The van der Waals surface area contributed by atoms with Crippen LogP contribution in [0.5, 0.6) is 0 Å². The van der Waals surface area contributed by atoms with Gasteiger partial charge in [0.05, 0.1) is 37.4 Å². The van der Waals surface area contributed by atoms with Gasteiger partial charge in [0.2, 0.25) is 0 Å². The van der Waals surface area contributed by atoms with Crippen LogP contribution >= 0.6 is 0 Å². The van der Waals surface area contributed by atoms with Gasteiger partial charge in [-0.25, -0.2) is 0 Å². The molecule has 37 heavy (non-hydrogen) atoms. The van der Waals surface area contributed by atoms with E-state index in [1.54, 1.807) is 0 Å². The number of non-ortho nitro benzene ring substituents is 2. The van der Waals surface area contributed by atoms with E-state index in [2.05, 4.69) is 0 Å². The highest BCUT2D eigenvalue weighted by Crippen LogP contribution is 2.54. The molecular weight excluding hydrogens is 494 g/mol. The van der Waals surface area contributed by atoms with E-state index in [0.717, 1.165) is 24.3 Å². The average molecular weight is 507 g/mol. The van der Waals surface area contributed by atoms with Crippen LogP contribution in [-0.2, 0) is 4.74 Å². The number of nitrogens with zero attached hydrogens (tertiary/aromatic N) is 7. The Morgan fingerprint density at radius 3 is 1.81 bits per heavy atom. The molecule has 0 saturated heterocycles. The molecule has 16 heteroatoms. The first-order valence-corrected chi connectivity index (χ1v) is 10.4. The maximum absolute atomic E-state index is 11.8. The van der Waals surface area contributed by atoms with Crippen LogP contribution in [0.4, 0.5) is 34.1 Å². The molecular formula is C21H13N7O9. The van der Waals surface area contributed by atoms with Crippen molar-refractivity contribution in [1.82, 2.24) is 0 Å². The minimum atomic E-state index is -1.12. The molecule has 0 spiro atoms. The van der Waals surface area contributed by atoms with Crippen LogP contribution in [-0.4, -0.2) is 46.2 Å². The molecule has 3 aliphatic rings. The molecule has 2 unspecified atom stereocenters. The van der Waals surface area contributed by atoms with Gasteiger partial charge < -0.3 is 14.5 Å². The van der Waals surface area contributed by atoms with Crippen molar-refractivity contribution in [3.05, 3.63) is 87.5 Å². The van der Waals surface area contributed by atoms with Crippen molar-refractivity contribution in [2.24, 2.45) is 0 Å². The number of ether oxygens (including phenoxy) is 1. The number of benzene rings is 2. The van der Waals surface area contributed by atoms with Crippen LogP contribution in [0.25, 0.3) is 11.1 Å². The van der Waals surface area contributed by atoms with Crippen LogP contribution < -0.4 is 9.80 Å². The van der Waals surface area contributed by atoms with Gasteiger partial charge in [-0.3, -0.25) is 40.5 Å². The van der Waals surface area contributed by atoms with Gasteiger partial charge in [0.25, 0.3) is 22.7 Å². The predicted octanol–water partition coefficient (Wildman–Crippen LogP) is 3.26. The third-order valence-corrected chi connectivity index (χ3v) is 6.46. The second-order valence-corrected chi connectivity index (χ2v) is 8.33. The third-order valence-electron chi connectivity index (χ3n) is 6.46. The fourth-order valence-corrected chi connectivity index (χ4v) is 4.93. The SMILES string of the molecule is CN1c2c(cc([N+](=O)[O-])cc2[N+](=O)[O-])C2=CC1OC1C2=C(C#N)c2cc([N+](=O)[O-])cc([N+](=O)[O-])c2N1C. The number of hydrogen-bond donors (Lipinski definition) is 0. The lowest BCUT2D eigenvalue weighted by Gasteiger charge is -2.46. The molecule has 3 heterocycles. The highest BCUT2D eigenvalue weighted by molar-refractivity contribution is 6.06. The zero-order chi connectivity index (χ0) is 26.9. The van der Waals surface area contributed by atoms with Crippen LogP contribution in [0.15, 0.2) is 35.9 Å². The number of nitro groups is 4. The summed E-state index contributed by atoms with van der Waals surface area (Å²) in [4.78, 5) is 46.3. The van der Waals surface area contributed by atoms with Crippen molar-refractivity contribution in [2.45, 2.75) is 12.5 Å². The number of likely N-dealkylation sites (N-methyl/N-ethyl adjacent to an activating group) is 2. The third kappa shape index (κ3) is 3.18. The highest BCUT2D eigenvalue weighted by Gasteiger charge is 2.47. The smallest absolute Gasteiger partial charge is 0.300 e. The van der Waals surface area contributed by atoms with Gasteiger partial charge >= 0.3 is 0 Å².